The van der Waals surface area contributed by atoms with Crippen molar-refractivity contribution in [1.82, 2.24) is 10.6 Å². The first-order valence-electron chi connectivity index (χ1n) is 8.76. The highest BCUT2D eigenvalue weighted by molar-refractivity contribution is 5.98. The average Bonchev–Trinajstić information content (AvgIpc) is 2.60. The quantitative estimate of drug-likeness (QED) is 0.689. The maximum Gasteiger partial charge on any atom is 0.251 e. The lowest BCUT2D eigenvalue weighted by atomic mass is 10.0. The normalized spacial score (nSPS) is 12.2. The molecule has 0 heterocycles. The molecule has 4 N–H and O–H groups in total. The van der Waals surface area contributed by atoms with E-state index < -0.39 is 0 Å². The van der Waals surface area contributed by atoms with Crippen LogP contribution in [0.25, 0.3) is 10.8 Å². The Hall–Kier alpha value is -2.40. The molecule has 0 spiro atoms. The number of amides is 2. The maximum absolute atomic E-state index is 12.2. The molecule has 0 aliphatic rings. The molecule has 1 atom stereocenters. The lowest BCUT2D eigenvalue weighted by Gasteiger charge is -2.18. The van der Waals surface area contributed by atoms with Gasteiger partial charge >= 0.3 is 0 Å². The zero-order valence-electron chi connectivity index (χ0n) is 14.9. The number of hydrogen-bond acceptors (Lipinski definition) is 3. The molecule has 2 aromatic rings. The van der Waals surface area contributed by atoms with Crippen molar-refractivity contribution in [2.24, 2.45) is 11.7 Å². The SMILES string of the molecule is CC(C)CC(CN)NC(=O)CCNC(=O)c1ccc2ccccc2c1. The van der Waals surface area contributed by atoms with E-state index in [1.54, 1.807) is 6.07 Å². The van der Waals surface area contributed by atoms with E-state index in [1.165, 1.54) is 0 Å². The molecule has 0 bridgehead atoms. The number of nitrogens with two attached hydrogens (primary N) is 1. The van der Waals surface area contributed by atoms with Crippen LogP contribution in [0.2, 0.25) is 0 Å². The maximum atomic E-state index is 12.2. The first kappa shape index (κ1) is 18.9. The van der Waals surface area contributed by atoms with E-state index in [0.29, 0.717) is 24.6 Å². The molecule has 25 heavy (non-hydrogen) atoms. The number of fused-ring (bicyclic) bond motifs is 1. The van der Waals surface area contributed by atoms with Crippen molar-refractivity contribution in [3.8, 4) is 0 Å². The molecule has 134 valence electrons. The van der Waals surface area contributed by atoms with Crippen LogP contribution in [0, 0.1) is 5.92 Å². The second kappa shape index (κ2) is 9.18. The average molecular weight is 341 g/mol. The summed E-state index contributed by atoms with van der Waals surface area (Å²) >= 11 is 0. The molecule has 2 amide bonds. The van der Waals surface area contributed by atoms with Crippen molar-refractivity contribution >= 4 is 22.6 Å². The first-order chi connectivity index (χ1) is 12.0. The zero-order valence-corrected chi connectivity index (χ0v) is 14.9. The third-order valence-corrected chi connectivity index (χ3v) is 4.05. The summed E-state index contributed by atoms with van der Waals surface area (Å²) in [7, 11) is 0. The van der Waals surface area contributed by atoms with Crippen molar-refractivity contribution < 1.29 is 9.59 Å². The van der Waals surface area contributed by atoms with Crippen molar-refractivity contribution in [1.29, 1.82) is 0 Å². The highest BCUT2D eigenvalue weighted by atomic mass is 16.2. The summed E-state index contributed by atoms with van der Waals surface area (Å²) in [6, 6.07) is 13.5. The molecule has 0 saturated heterocycles. The Labute approximate surface area is 149 Å². The van der Waals surface area contributed by atoms with E-state index >= 15 is 0 Å². The molecule has 0 aromatic heterocycles. The number of hydrogen-bond donors (Lipinski definition) is 3. The summed E-state index contributed by atoms with van der Waals surface area (Å²) < 4.78 is 0. The molecule has 5 nitrogen and oxygen atoms in total. The minimum absolute atomic E-state index is 0.0105. The molecular formula is C20H27N3O2. The van der Waals surface area contributed by atoms with Gasteiger partial charge in [-0.3, -0.25) is 9.59 Å². The molecule has 5 heteroatoms. The molecule has 2 rings (SSSR count). The fourth-order valence-corrected chi connectivity index (χ4v) is 2.81. The fourth-order valence-electron chi connectivity index (χ4n) is 2.81. The van der Waals surface area contributed by atoms with Crippen LogP contribution in [0.15, 0.2) is 42.5 Å². The summed E-state index contributed by atoms with van der Waals surface area (Å²) in [4.78, 5) is 24.2. The standard InChI is InChI=1S/C20H27N3O2/c1-14(2)11-18(13-21)23-19(24)9-10-22-20(25)17-8-7-15-5-3-4-6-16(15)12-17/h3-8,12,14,18H,9-11,13,21H2,1-2H3,(H,22,25)(H,23,24). The van der Waals surface area contributed by atoms with Gasteiger partial charge in [-0.2, -0.15) is 0 Å². The van der Waals surface area contributed by atoms with Crippen molar-refractivity contribution in [2.75, 3.05) is 13.1 Å². The van der Waals surface area contributed by atoms with Crippen LogP contribution in [-0.2, 0) is 4.79 Å². The van der Waals surface area contributed by atoms with Gasteiger partial charge in [0.2, 0.25) is 5.91 Å². The second-order valence-electron chi connectivity index (χ2n) is 6.70. The summed E-state index contributed by atoms with van der Waals surface area (Å²) in [5.41, 5.74) is 6.28. The molecule has 2 aromatic carbocycles. The number of nitrogens with one attached hydrogen (secondary N) is 2. The van der Waals surface area contributed by atoms with Gasteiger partial charge in [-0.25, -0.2) is 0 Å². The number of carbonyl (C=O) groups is 2. The van der Waals surface area contributed by atoms with Crippen LogP contribution in [0.1, 0.15) is 37.0 Å². The Balaban J connectivity index is 1.81. The highest BCUT2D eigenvalue weighted by Gasteiger charge is 2.13. The summed E-state index contributed by atoms with van der Waals surface area (Å²) in [6.07, 6.45) is 1.10. The van der Waals surface area contributed by atoms with Crippen molar-refractivity contribution in [3.63, 3.8) is 0 Å². The predicted molar refractivity (Wildman–Crippen MR) is 101 cm³/mol. The third-order valence-electron chi connectivity index (χ3n) is 4.05. The minimum atomic E-state index is -0.170. The largest absolute Gasteiger partial charge is 0.352 e. The van der Waals surface area contributed by atoms with E-state index in [9.17, 15) is 9.59 Å². The van der Waals surface area contributed by atoms with Crippen LogP contribution < -0.4 is 16.4 Å². The van der Waals surface area contributed by atoms with Gasteiger partial charge in [-0.05, 0) is 35.2 Å². The monoisotopic (exact) mass is 341 g/mol. The lowest BCUT2D eigenvalue weighted by Crippen LogP contribution is -2.42. The van der Waals surface area contributed by atoms with Gasteiger partial charge < -0.3 is 16.4 Å². The molecule has 0 aliphatic carbocycles. The molecule has 1 unspecified atom stereocenters. The minimum Gasteiger partial charge on any atom is -0.352 e. The van der Waals surface area contributed by atoms with Gasteiger partial charge in [0, 0.05) is 31.1 Å². The van der Waals surface area contributed by atoms with Gasteiger partial charge in [0.25, 0.3) is 5.91 Å². The summed E-state index contributed by atoms with van der Waals surface area (Å²) in [6.45, 7) is 4.92. The van der Waals surface area contributed by atoms with E-state index in [1.807, 2.05) is 36.4 Å². The summed E-state index contributed by atoms with van der Waals surface area (Å²) in [5.74, 6) is 0.215. The van der Waals surface area contributed by atoms with Crippen LogP contribution in [0.5, 0.6) is 0 Å². The molecule has 0 radical (unpaired) electrons. The van der Waals surface area contributed by atoms with Crippen LogP contribution in [0.4, 0.5) is 0 Å². The van der Waals surface area contributed by atoms with Crippen LogP contribution in [-0.4, -0.2) is 30.9 Å². The highest BCUT2D eigenvalue weighted by Crippen LogP contribution is 2.15. The predicted octanol–water partition coefficient (Wildman–Crippen LogP) is 2.45. The van der Waals surface area contributed by atoms with Crippen molar-refractivity contribution in [2.45, 2.75) is 32.7 Å². The van der Waals surface area contributed by atoms with E-state index in [-0.39, 0.29) is 24.3 Å². The second-order valence-corrected chi connectivity index (χ2v) is 6.70. The van der Waals surface area contributed by atoms with Crippen LogP contribution >= 0.6 is 0 Å². The Morgan fingerprint density at radius 1 is 1.08 bits per heavy atom. The van der Waals surface area contributed by atoms with Crippen LogP contribution in [0.3, 0.4) is 0 Å². The van der Waals surface area contributed by atoms with Crippen molar-refractivity contribution in [3.05, 3.63) is 48.0 Å². The Morgan fingerprint density at radius 2 is 1.80 bits per heavy atom. The number of benzene rings is 2. The van der Waals surface area contributed by atoms with Gasteiger partial charge in [-0.1, -0.05) is 44.2 Å². The van der Waals surface area contributed by atoms with E-state index in [4.69, 9.17) is 5.73 Å². The lowest BCUT2D eigenvalue weighted by molar-refractivity contribution is -0.121. The van der Waals surface area contributed by atoms with Gasteiger partial charge in [0.15, 0.2) is 0 Å². The summed E-state index contributed by atoms with van der Waals surface area (Å²) in [5, 5.41) is 7.83. The smallest absolute Gasteiger partial charge is 0.251 e. The number of rotatable bonds is 8. The first-order valence-corrected chi connectivity index (χ1v) is 8.76. The van der Waals surface area contributed by atoms with E-state index in [2.05, 4.69) is 24.5 Å². The van der Waals surface area contributed by atoms with Gasteiger partial charge in [-0.15, -0.1) is 0 Å². The molecule has 0 saturated carbocycles. The molecule has 0 aliphatic heterocycles. The van der Waals surface area contributed by atoms with Gasteiger partial charge in [0.05, 0.1) is 0 Å². The molecular weight excluding hydrogens is 314 g/mol. The zero-order chi connectivity index (χ0) is 18.2. The fraction of sp³-hybridized carbons (Fsp3) is 0.400. The number of carbonyl (C=O) groups excluding carboxylic acids is 2. The molecule has 0 fully saturated rings. The van der Waals surface area contributed by atoms with E-state index in [0.717, 1.165) is 17.2 Å². The Morgan fingerprint density at radius 3 is 2.48 bits per heavy atom. The topological polar surface area (TPSA) is 84.2 Å². The Kier molecular flexibility index (Phi) is 6.95. The van der Waals surface area contributed by atoms with Gasteiger partial charge in [0.1, 0.15) is 0 Å². The third kappa shape index (κ3) is 5.87. The Bertz CT molecular complexity index is 728.